The van der Waals surface area contributed by atoms with Crippen LogP contribution in [0.5, 0.6) is 17.2 Å². The number of hydrogen-bond donors (Lipinski definition) is 0. The van der Waals surface area contributed by atoms with Crippen LogP contribution in [0, 0.1) is 6.92 Å². The van der Waals surface area contributed by atoms with Gasteiger partial charge in [-0.3, -0.25) is 0 Å². The molecule has 2 aromatic carbocycles. The molecule has 3 rings (SSSR count). The summed E-state index contributed by atoms with van der Waals surface area (Å²) in [5.74, 6) is 0.974. The van der Waals surface area contributed by atoms with Crippen molar-refractivity contribution in [2.24, 2.45) is 0 Å². The lowest BCUT2D eigenvalue weighted by atomic mass is 10.2. The highest BCUT2D eigenvalue weighted by atomic mass is 35.5. The summed E-state index contributed by atoms with van der Waals surface area (Å²) in [6.45, 7) is 1.86. The molecule has 0 aromatic heterocycles. The fourth-order valence-electron chi connectivity index (χ4n) is 2.17. The van der Waals surface area contributed by atoms with E-state index in [1.165, 1.54) is 0 Å². The topological polar surface area (TPSA) is 54.0 Å². The van der Waals surface area contributed by atoms with Gasteiger partial charge in [0.15, 0.2) is 18.1 Å². The Morgan fingerprint density at radius 2 is 2.00 bits per heavy atom. The lowest BCUT2D eigenvalue weighted by Crippen LogP contribution is -2.15. The second kappa shape index (κ2) is 7.20. The van der Waals surface area contributed by atoms with E-state index in [1.807, 2.05) is 13.0 Å². The largest absolute Gasteiger partial charge is 0.480 e. The molecule has 0 amide bonds. The zero-order valence-corrected chi connectivity index (χ0v) is 14.3. The molecule has 7 heteroatoms. The van der Waals surface area contributed by atoms with Gasteiger partial charge < -0.3 is 18.9 Å². The number of carbonyl (C=O) groups is 1. The lowest BCUT2D eigenvalue weighted by Gasteiger charge is -2.10. The summed E-state index contributed by atoms with van der Waals surface area (Å²) >= 11 is 12.1. The zero-order chi connectivity index (χ0) is 17.1. The third-order valence-electron chi connectivity index (χ3n) is 3.32. The summed E-state index contributed by atoms with van der Waals surface area (Å²) < 4.78 is 21.1. The highest BCUT2D eigenvalue weighted by Crippen LogP contribution is 2.39. The molecule has 24 heavy (non-hydrogen) atoms. The Hall–Kier alpha value is -2.11. The maximum absolute atomic E-state index is 11.8. The van der Waals surface area contributed by atoms with E-state index in [1.54, 1.807) is 24.3 Å². The van der Waals surface area contributed by atoms with Gasteiger partial charge in [0.05, 0.1) is 10.0 Å². The van der Waals surface area contributed by atoms with E-state index >= 15 is 0 Å². The Bertz CT molecular complexity index is 776. The molecule has 0 bridgehead atoms. The molecule has 0 aliphatic carbocycles. The molecule has 0 spiro atoms. The van der Waals surface area contributed by atoms with Crippen molar-refractivity contribution in [2.45, 2.75) is 13.5 Å². The molecular formula is C17H14Cl2O5. The third-order valence-corrected chi connectivity index (χ3v) is 3.91. The molecule has 0 atom stereocenters. The number of rotatable bonds is 5. The molecule has 1 aliphatic rings. The summed E-state index contributed by atoms with van der Waals surface area (Å²) in [6.07, 6.45) is 0. The van der Waals surface area contributed by atoms with E-state index in [2.05, 4.69) is 0 Å². The fraction of sp³-hybridized carbons (Fsp3) is 0.235. The van der Waals surface area contributed by atoms with Crippen molar-refractivity contribution >= 4 is 29.2 Å². The second-order valence-corrected chi connectivity index (χ2v) is 6.01. The maximum atomic E-state index is 11.8. The van der Waals surface area contributed by atoms with Gasteiger partial charge in [-0.25, -0.2) is 4.79 Å². The minimum absolute atomic E-state index is 0.0557. The van der Waals surface area contributed by atoms with E-state index in [0.717, 1.165) is 5.56 Å². The van der Waals surface area contributed by atoms with Gasteiger partial charge in [-0.05, 0) is 42.3 Å². The van der Waals surface area contributed by atoms with Crippen LogP contribution < -0.4 is 14.2 Å². The van der Waals surface area contributed by atoms with Gasteiger partial charge in [0, 0.05) is 0 Å². The first-order valence-electron chi connectivity index (χ1n) is 7.15. The quantitative estimate of drug-likeness (QED) is 0.741. The number of aryl methyl sites for hydroxylation is 1. The Balaban J connectivity index is 1.54. The van der Waals surface area contributed by atoms with E-state index < -0.39 is 5.97 Å². The van der Waals surface area contributed by atoms with Crippen molar-refractivity contribution in [1.82, 2.24) is 0 Å². The number of ether oxygens (including phenoxy) is 4. The molecule has 5 nitrogen and oxygen atoms in total. The number of esters is 1. The van der Waals surface area contributed by atoms with Crippen molar-refractivity contribution in [3.8, 4) is 17.2 Å². The van der Waals surface area contributed by atoms with E-state index in [9.17, 15) is 4.79 Å². The highest BCUT2D eigenvalue weighted by Gasteiger charge is 2.18. The van der Waals surface area contributed by atoms with Gasteiger partial charge in [-0.15, -0.1) is 0 Å². The standard InChI is InChI=1S/C17H14Cl2O5/c1-10-2-3-12(18)14(4-10)21-8-16(20)22-7-11-5-13(19)17-15(6-11)23-9-24-17/h2-6H,7-9H2,1H3. The Morgan fingerprint density at radius 3 is 2.83 bits per heavy atom. The van der Waals surface area contributed by atoms with Crippen molar-refractivity contribution in [1.29, 1.82) is 0 Å². The summed E-state index contributed by atoms with van der Waals surface area (Å²) in [5, 5.41) is 0.856. The van der Waals surface area contributed by atoms with Crippen molar-refractivity contribution in [3.05, 3.63) is 51.5 Å². The number of hydrogen-bond acceptors (Lipinski definition) is 5. The summed E-state index contributed by atoms with van der Waals surface area (Å²) in [4.78, 5) is 11.8. The fourth-order valence-corrected chi connectivity index (χ4v) is 2.63. The first kappa shape index (κ1) is 16.7. The number of halogens is 2. The normalized spacial score (nSPS) is 12.1. The van der Waals surface area contributed by atoms with Gasteiger partial charge in [0.2, 0.25) is 6.79 Å². The van der Waals surface area contributed by atoms with Gasteiger partial charge in [0.25, 0.3) is 0 Å². The molecule has 2 aromatic rings. The predicted octanol–water partition coefficient (Wildman–Crippen LogP) is 4.15. The van der Waals surface area contributed by atoms with Crippen LogP contribution in [0.2, 0.25) is 10.0 Å². The van der Waals surface area contributed by atoms with E-state index in [4.69, 9.17) is 42.1 Å². The lowest BCUT2D eigenvalue weighted by molar-refractivity contribution is -0.147. The molecule has 0 saturated heterocycles. The van der Waals surface area contributed by atoms with Crippen molar-refractivity contribution < 1.29 is 23.7 Å². The molecule has 1 heterocycles. The average Bonchev–Trinajstić information content (AvgIpc) is 3.03. The minimum Gasteiger partial charge on any atom is -0.480 e. The minimum atomic E-state index is -0.513. The van der Waals surface area contributed by atoms with Gasteiger partial charge in [0.1, 0.15) is 12.4 Å². The van der Waals surface area contributed by atoms with Crippen LogP contribution in [-0.4, -0.2) is 19.4 Å². The monoisotopic (exact) mass is 368 g/mol. The molecule has 0 saturated carbocycles. The molecule has 0 fully saturated rings. The van der Waals surface area contributed by atoms with Gasteiger partial charge >= 0.3 is 5.97 Å². The molecular weight excluding hydrogens is 355 g/mol. The molecule has 0 radical (unpaired) electrons. The average molecular weight is 369 g/mol. The van der Waals surface area contributed by atoms with Crippen molar-refractivity contribution in [2.75, 3.05) is 13.4 Å². The SMILES string of the molecule is Cc1ccc(Cl)c(OCC(=O)OCc2cc(Cl)c3c(c2)OCO3)c1. The van der Waals surface area contributed by atoms with Gasteiger partial charge in [-0.2, -0.15) is 0 Å². The Morgan fingerprint density at radius 1 is 1.17 bits per heavy atom. The summed E-state index contributed by atoms with van der Waals surface area (Å²) in [5.41, 5.74) is 1.68. The van der Waals surface area contributed by atoms with Crippen LogP contribution >= 0.6 is 23.2 Å². The number of fused-ring (bicyclic) bond motifs is 1. The highest BCUT2D eigenvalue weighted by molar-refractivity contribution is 6.32. The summed E-state index contributed by atoms with van der Waals surface area (Å²) in [6, 6.07) is 8.72. The van der Waals surface area contributed by atoms with Crippen LogP contribution in [-0.2, 0) is 16.1 Å². The first-order chi connectivity index (χ1) is 11.5. The predicted molar refractivity (Wildman–Crippen MR) is 89.1 cm³/mol. The molecule has 0 N–H and O–H groups in total. The second-order valence-electron chi connectivity index (χ2n) is 5.19. The van der Waals surface area contributed by atoms with Gasteiger partial charge in [-0.1, -0.05) is 29.3 Å². The van der Waals surface area contributed by atoms with Crippen LogP contribution in [0.25, 0.3) is 0 Å². The van der Waals surface area contributed by atoms with Crippen LogP contribution in [0.3, 0.4) is 0 Å². The first-order valence-corrected chi connectivity index (χ1v) is 7.91. The zero-order valence-electron chi connectivity index (χ0n) is 12.8. The van der Waals surface area contributed by atoms with Crippen LogP contribution in [0.4, 0.5) is 0 Å². The van der Waals surface area contributed by atoms with Crippen molar-refractivity contribution in [3.63, 3.8) is 0 Å². The number of carbonyl (C=O) groups excluding carboxylic acids is 1. The van der Waals surface area contributed by atoms with Crippen LogP contribution in [0.1, 0.15) is 11.1 Å². The molecule has 1 aliphatic heterocycles. The third kappa shape index (κ3) is 3.86. The number of benzene rings is 2. The Kier molecular flexibility index (Phi) is 5.02. The molecule has 126 valence electrons. The maximum Gasteiger partial charge on any atom is 0.344 e. The van der Waals surface area contributed by atoms with E-state index in [-0.39, 0.29) is 20.0 Å². The van der Waals surface area contributed by atoms with Crippen LogP contribution in [0.15, 0.2) is 30.3 Å². The Labute approximate surface area is 149 Å². The molecule has 0 unspecified atom stereocenters. The van der Waals surface area contributed by atoms with E-state index in [0.29, 0.717) is 32.9 Å². The smallest absolute Gasteiger partial charge is 0.344 e. The summed E-state index contributed by atoms with van der Waals surface area (Å²) in [7, 11) is 0.